The number of nitrogens with one attached hydrogen (secondary N) is 2. The molecule has 2 amide bonds. The van der Waals surface area contributed by atoms with E-state index in [1.165, 1.54) is 11.8 Å². The number of thioether (sulfide) groups is 1. The van der Waals surface area contributed by atoms with Crippen LogP contribution in [0.2, 0.25) is 5.02 Å². The molecule has 0 saturated carbocycles. The summed E-state index contributed by atoms with van der Waals surface area (Å²) in [6, 6.07) is 14.0. The molecule has 0 bridgehead atoms. The molecule has 0 saturated heterocycles. The van der Waals surface area contributed by atoms with Gasteiger partial charge in [0.25, 0.3) is 5.91 Å². The minimum atomic E-state index is -0.342. The first-order valence-electron chi connectivity index (χ1n) is 9.88. The Bertz CT molecular complexity index is 1090. The second-order valence-corrected chi connectivity index (χ2v) is 10.1. The maximum Gasteiger partial charge on any atom is 0.251 e. The normalized spacial score (nSPS) is 11.9. The lowest BCUT2D eigenvalue weighted by atomic mass is 10.0. The van der Waals surface area contributed by atoms with E-state index in [1.54, 1.807) is 24.3 Å². The summed E-state index contributed by atoms with van der Waals surface area (Å²) in [6.07, 6.45) is 0. The molecule has 2 N–H and O–H groups in total. The average molecular weight is 584 g/mol. The Morgan fingerprint density at radius 1 is 1.09 bits per heavy atom. The van der Waals surface area contributed by atoms with Gasteiger partial charge >= 0.3 is 0 Å². The Morgan fingerprint density at radius 2 is 1.75 bits per heavy atom. The molecule has 32 heavy (non-hydrogen) atoms. The molecule has 1 atom stereocenters. The average Bonchev–Trinajstić information content (AvgIpc) is 3.12. The van der Waals surface area contributed by atoms with Crippen LogP contribution in [-0.2, 0) is 11.8 Å². The first-order chi connectivity index (χ1) is 15.2. The third-order valence-electron chi connectivity index (χ3n) is 4.67. The van der Waals surface area contributed by atoms with Gasteiger partial charge in [0, 0.05) is 26.9 Å². The van der Waals surface area contributed by atoms with Crippen LogP contribution in [0.1, 0.15) is 36.1 Å². The molecule has 7 nitrogen and oxygen atoms in total. The van der Waals surface area contributed by atoms with Crippen LogP contribution >= 0.6 is 46.0 Å². The summed E-state index contributed by atoms with van der Waals surface area (Å²) in [5, 5.41) is 15.6. The Morgan fingerprint density at radius 3 is 2.38 bits per heavy atom. The standard InChI is InChI=1S/C22H23ClIN5O2S/c1-13(2)19(26-21(31)14-4-6-15(23)7-5-14)20-27-28-22(29(20)3)32-12-18(30)25-17-10-8-16(24)9-11-17/h4-11,13,19H,12H2,1-3H3,(H,25,30)(H,26,31)/t19-/m1/s1. The van der Waals surface area contributed by atoms with Crippen LogP contribution in [0.15, 0.2) is 53.7 Å². The molecule has 168 valence electrons. The van der Waals surface area contributed by atoms with Gasteiger partial charge in [-0.25, -0.2) is 0 Å². The molecule has 2 aromatic carbocycles. The van der Waals surface area contributed by atoms with Crippen molar-refractivity contribution >= 4 is 63.5 Å². The molecular formula is C22H23ClIN5O2S. The molecular weight excluding hydrogens is 561 g/mol. The number of benzene rings is 2. The van der Waals surface area contributed by atoms with Crippen LogP contribution in [0.4, 0.5) is 5.69 Å². The number of amides is 2. The number of halogens is 2. The highest BCUT2D eigenvalue weighted by molar-refractivity contribution is 14.1. The Balaban J connectivity index is 1.65. The van der Waals surface area contributed by atoms with Crippen molar-refractivity contribution in [1.82, 2.24) is 20.1 Å². The third kappa shape index (κ3) is 6.46. The molecule has 0 aliphatic carbocycles. The number of aromatic nitrogens is 3. The van der Waals surface area contributed by atoms with Crippen LogP contribution in [-0.4, -0.2) is 32.3 Å². The number of carbonyl (C=O) groups is 2. The monoisotopic (exact) mass is 583 g/mol. The Hall–Kier alpha value is -2.11. The number of nitrogens with zero attached hydrogens (tertiary/aromatic N) is 3. The summed E-state index contributed by atoms with van der Waals surface area (Å²) in [6.45, 7) is 4.01. The van der Waals surface area contributed by atoms with Gasteiger partial charge in [-0.3, -0.25) is 9.59 Å². The van der Waals surface area contributed by atoms with Gasteiger partial charge in [-0.05, 0) is 77.0 Å². The molecule has 1 aromatic heterocycles. The molecule has 3 aromatic rings. The van der Waals surface area contributed by atoms with Gasteiger partial charge in [-0.2, -0.15) is 0 Å². The molecule has 0 aliphatic heterocycles. The quantitative estimate of drug-likeness (QED) is 0.290. The maximum atomic E-state index is 12.7. The van der Waals surface area contributed by atoms with Gasteiger partial charge in [0.2, 0.25) is 5.91 Å². The summed E-state index contributed by atoms with van der Waals surface area (Å²) < 4.78 is 2.92. The fraction of sp³-hybridized carbons (Fsp3) is 0.273. The van der Waals surface area contributed by atoms with Gasteiger partial charge < -0.3 is 15.2 Å². The molecule has 0 unspecified atom stereocenters. The summed E-state index contributed by atoms with van der Waals surface area (Å²) in [5.41, 5.74) is 1.27. The summed E-state index contributed by atoms with van der Waals surface area (Å²) in [5.74, 6) is 0.562. The predicted molar refractivity (Wildman–Crippen MR) is 136 cm³/mol. The number of anilines is 1. The van der Waals surface area contributed by atoms with E-state index in [1.807, 2.05) is 49.7 Å². The lowest BCUT2D eigenvalue weighted by Gasteiger charge is -2.21. The van der Waals surface area contributed by atoms with Crippen LogP contribution < -0.4 is 10.6 Å². The maximum absolute atomic E-state index is 12.7. The number of rotatable bonds is 8. The second-order valence-electron chi connectivity index (χ2n) is 7.45. The van der Waals surface area contributed by atoms with Gasteiger partial charge in [0.05, 0.1) is 11.8 Å². The zero-order valence-electron chi connectivity index (χ0n) is 17.8. The highest BCUT2D eigenvalue weighted by Gasteiger charge is 2.25. The zero-order chi connectivity index (χ0) is 23.3. The summed E-state index contributed by atoms with van der Waals surface area (Å²) in [4.78, 5) is 25.0. The molecule has 1 heterocycles. The lowest BCUT2D eigenvalue weighted by molar-refractivity contribution is -0.113. The van der Waals surface area contributed by atoms with E-state index in [4.69, 9.17) is 11.6 Å². The van der Waals surface area contributed by atoms with E-state index in [9.17, 15) is 9.59 Å². The molecule has 0 radical (unpaired) electrons. The highest BCUT2D eigenvalue weighted by Crippen LogP contribution is 2.25. The molecule has 3 rings (SSSR count). The first kappa shape index (κ1) is 24.5. The fourth-order valence-electron chi connectivity index (χ4n) is 2.94. The van der Waals surface area contributed by atoms with Crippen LogP contribution in [0.3, 0.4) is 0 Å². The Labute approximate surface area is 209 Å². The molecule has 0 fully saturated rings. The van der Waals surface area contributed by atoms with E-state index in [0.717, 1.165) is 9.26 Å². The molecule has 10 heteroatoms. The smallest absolute Gasteiger partial charge is 0.251 e. The lowest BCUT2D eigenvalue weighted by Crippen LogP contribution is -2.33. The van der Waals surface area contributed by atoms with Crippen molar-refractivity contribution < 1.29 is 9.59 Å². The van der Waals surface area contributed by atoms with E-state index in [0.29, 0.717) is 21.6 Å². The van der Waals surface area contributed by atoms with Crippen LogP contribution in [0.5, 0.6) is 0 Å². The first-order valence-corrected chi connectivity index (χ1v) is 12.3. The number of carbonyl (C=O) groups excluding carboxylic acids is 2. The van der Waals surface area contributed by atoms with Crippen molar-refractivity contribution in [2.24, 2.45) is 13.0 Å². The van der Waals surface area contributed by atoms with Crippen molar-refractivity contribution in [2.45, 2.75) is 25.0 Å². The molecule has 0 aliphatic rings. The van der Waals surface area contributed by atoms with E-state index < -0.39 is 0 Å². The van der Waals surface area contributed by atoms with Gasteiger partial charge in [-0.15, -0.1) is 10.2 Å². The second kappa shape index (κ2) is 11.2. The van der Waals surface area contributed by atoms with E-state index >= 15 is 0 Å². The predicted octanol–water partition coefficient (Wildman–Crippen LogP) is 4.93. The van der Waals surface area contributed by atoms with Crippen LogP contribution in [0, 0.1) is 9.49 Å². The summed E-state index contributed by atoms with van der Waals surface area (Å²) >= 11 is 9.42. The topological polar surface area (TPSA) is 88.9 Å². The van der Waals surface area contributed by atoms with Gasteiger partial charge in [0.1, 0.15) is 0 Å². The van der Waals surface area contributed by atoms with Crippen molar-refractivity contribution in [3.8, 4) is 0 Å². The fourth-order valence-corrected chi connectivity index (χ4v) is 4.14. The van der Waals surface area contributed by atoms with E-state index in [-0.39, 0.29) is 29.5 Å². The van der Waals surface area contributed by atoms with Gasteiger partial charge in [0.15, 0.2) is 11.0 Å². The van der Waals surface area contributed by atoms with Crippen molar-refractivity contribution in [3.63, 3.8) is 0 Å². The van der Waals surface area contributed by atoms with Crippen molar-refractivity contribution in [2.75, 3.05) is 11.1 Å². The van der Waals surface area contributed by atoms with Crippen molar-refractivity contribution in [3.05, 3.63) is 68.5 Å². The SMILES string of the molecule is CC(C)[C@@H](NC(=O)c1ccc(Cl)cc1)c1nnc(SCC(=O)Nc2ccc(I)cc2)n1C. The largest absolute Gasteiger partial charge is 0.342 e. The summed E-state index contributed by atoms with van der Waals surface area (Å²) in [7, 11) is 1.83. The Kier molecular flexibility index (Phi) is 8.55. The number of hydrogen-bond donors (Lipinski definition) is 2. The third-order valence-corrected chi connectivity index (χ3v) is 6.66. The highest BCUT2D eigenvalue weighted by atomic mass is 127. The molecule has 0 spiro atoms. The van der Waals surface area contributed by atoms with E-state index in [2.05, 4.69) is 43.4 Å². The van der Waals surface area contributed by atoms with Crippen molar-refractivity contribution in [1.29, 1.82) is 0 Å². The number of hydrogen-bond acceptors (Lipinski definition) is 5. The van der Waals surface area contributed by atoms with Gasteiger partial charge in [-0.1, -0.05) is 37.2 Å². The minimum absolute atomic E-state index is 0.0798. The minimum Gasteiger partial charge on any atom is -0.342 e. The zero-order valence-corrected chi connectivity index (χ0v) is 21.5. The van der Waals surface area contributed by atoms with Crippen LogP contribution in [0.25, 0.3) is 0 Å².